The number of pyridine rings is 1. The Kier molecular flexibility index (Phi) is 5.14. The largest absolute Gasteiger partial charge is 0.333 e. The number of anilines is 1. The molecule has 1 rings (SSSR count). The second-order valence-electron chi connectivity index (χ2n) is 3.12. The Morgan fingerprint density at radius 3 is 2.94 bits per heavy atom. The number of urea groups is 1. The van der Waals surface area contributed by atoms with Gasteiger partial charge in [0, 0.05) is 11.9 Å². The highest BCUT2D eigenvalue weighted by atomic mass is 35.5. The Morgan fingerprint density at radius 1 is 1.56 bits per heavy atom. The van der Waals surface area contributed by atoms with Crippen LogP contribution in [0.1, 0.15) is 6.92 Å². The van der Waals surface area contributed by atoms with Crippen molar-refractivity contribution in [2.24, 2.45) is 0 Å². The molecule has 0 aromatic carbocycles. The van der Waals surface area contributed by atoms with Crippen molar-refractivity contribution in [3.8, 4) is 0 Å². The zero-order valence-corrected chi connectivity index (χ0v) is 10.1. The molecule has 0 spiro atoms. The van der Waals surface area contributed by atoms with Gasteiger partial charge in [0.25, 0.3) is 0 Å². The summed E-state index contributed by atoms with van der Waals surface area (Å²) in [6, 6.07) is 4.56. The van der Waals surface area contributed by atoms with Crippen LogP contribution in [-0.2, 0) is 0 Å². The standard InChI is InChI=1S/C9H12Cl2N4O/c1-6(5-10)12-9(16)15-14-8-4-2-3-7(11)13-8/h2-4,6H,5H2,1H3,(H,13,14)(H2,12,15,16). The third-order valence-electron chi connectivity index (χ3n) is 1.63. The number of hydrogen-bond donors (Lipinski definition) is 3. The second-order valence-corrected chi connectivity index (χ2v) is 3.82. The van der Waals surface area contributed by atoms with E-state index in [9.17, 15) is 4.79 Å². The lowest BCUT2D eigenvalue weighted by Crippen LogP contribution is -2.44. The summed E-state index contributed by atoms with van der Waals surface area (Å²) in [4.78, 5) is 15.2. The first-order chi connectivity index (χ1) is 7.61. The summed E-state index contributed by atoms with van der Waals surface area (Å²) in [6.07, 6.45) is 0. The van der Waals surface area contributed by atoms with Gasteiger partial charge in [-0.25, -0.2) is 9.78 Å². The van der Waals surface area contributed by atoms with Gasteiger partial charge in [-0.1, -0.05) is 17.7 Å². The van der Waals surface area contributed by atoms with E-state index in [1.165, 1.54) is 0 Å². The van der Waals surface area contributed by atoms with E-state index < -0.39 is 0 Å². The molecule has 88 valence electrons. The minimum Gasteiger partial charge on any atom is -0.333 e. The quantitative estimate of drug-likeness (QED) is 0.442. The number of aromatic nitrogens is 1. The number of hydrazine groups is 1. The molecule has 1 unspecified atom stereocenters. The van der Waals surface area contributed by atoms with Crippen LogP contribution in [0.4, 0.5) is 10.6 Å². The van der Waals surface area contributed by atoms with Gasteiger partial charge in [-0.05, 0) is 19.1 Å². The minimum atomic E-state index is -0.380. The highest BCUT2D eigenvalue weighted by Gasteiger charge is 2.04. The van der Waals surface area contributed by atoms with Crippen molar-refractivity contribution < 1.29 is 4.79 Å². The fraction of sp³-hybridized carbons (Fsp3) is 0.333. The highest BCUT2D eigenvalue weighted by molar-refractivity contribution is 6.29. The highest BCUT2D eigenvalue weighted by Crippen LogP contribution is 2.07. The van der Waals surface area contributed by atoms with Gasteiger partial charge in [0.05, 0.1) is 0 Å². The Bertz CT molecular complexity index is 361. The molecule has 0 bridgehead atoms. The molecule has 1 atom stereocenters. The Hall–Kier alpha value is -1.20. The first-order valence-electron chi connectivity index (χ1n) is 4.63. The Morgan fingerprint density at radius 2 is 2.31 bits per heavy atom. The summed E-state index contributed by atoms with van der Waals surface area (Å²) in [5, 5.41) is 2.96. The van der Waals surface area contributed by atoms with Crippen LogP contribution in [0, 0.1) is 0 Å². The molecule has 0 saturated carbocycles. The molecule has 0 radical (unpaired) electrons. The normalized spacial score (nSPS) is 11.7. The van der Waals surface area contributed by atoms with Crippen molar-refractivity contribution in [2.75, 3.05) is 11.3 Å². The summed E-state index contributed by atoms with van der Waals surface area (Å²) in [7, 11) is 0. The van der Waals surface area contributed by atoms with Gasteiger partial charge in [0.2, 0.25) is 0 Å². The molecule has 1 aromatic rings. The molecule has 0 saturated heterocycles. The molecule has 7 heteroatoms. The van der Waals surface area contributed by atoms with Gasteiger partial charge < -0.3 is 5.32 Å². The molecule has 0 aliphatic rings. The zero-order valence-electron chi connectivity index (χ0n) is 8.63. The van der Waals surface area contributed by atoms with Crippen molar-refractivity contribution in [3.63, 3.8) is 0 Å². The lowest BCUT2D eigenvalue weighted by atomic mass is 10.4. The van der Waals surface area contributed by atoms with Gasteiger partial charge in [-0.2, -0.15) is 0 Å². The number of amides is 2. The van der Waals surface area contributed by atoms with Crippen LogP contribution in [0.25, 0.3) is 0 Å². The smallest absolute Gasteiger partial charge is 0.333 e. The van der Waals surface area contributed by atoms with E-state index in [-0.39, 0.29) is 12.1 Å². The maximum Gasteiger partial charge on any atom is 0.333 e. The lowest BCUT2D eigenvalue weighted by Gasteiger charge is -2.12. The van der Waals surface area contributed by atoms with Crippen LogP contribution in [0.15, 0.2) is 18.2 Å². The number of hydrogen-bond acceptors (Lipinski definition) is 3. The summed E-state index contributed by atoms with van der Waals surface area (Å²) in [5.41, 5.74) is 5.03. The number of rotatable bonds is 4. The fourth-order valence-corrected chi connectivity index (χ4v) is 1.14. The maximum atomic E-state index is 11.3. The molecule has 0 aliphatic heterocycles. The summed E-state index contributed by atoms with van der Waals surface area (Å²) >= 11 is 11.2. The molecule has 0 fully saturated rings. The lowest BCUT2D eigenvalue weighted by molar-refractivity contribution is 0.240. The molecule has 1 heterocycles. The van der Waals surface area contributed by atoms with Crippen molar-refractivity contribution in [2.45, 2.75) is 13.0 Å². The van der Waals surface area contributed by atoms with Crippen molar-refractivity contribution >= 4 is 35.1 Å². The van der Waals surface area contributed by atoms with Crippen LogP contribution in [0.3, 0.4) is 0 Å². The fourth-order valence-electron chi connectivity index (χ4n) is 0.897. The summed E-state index contributed by atoms with van der Waals surface area (Å²) in [5.74, 6) is 0.809. The van der Waals surface area contributed by atoms with Crippen molar-refractivity contribution in [3.05, 3.63) is 23.4 Å². The third kappa shape index (κ3) is 4.55. The third-order valence-corrected chi connectivity index (χ3v) is 2.30. The van der Waals surface area contributed by atoms with Gasteiger partial charge in [-0.15, -0.1) is 11.6 Å². The topological polar surface area (TPSA) is 66.1 Å². The Labute approximate surface area is 103 Å². The minimum absolute atomic E-state index is 0.101. The molecule has 5 nitrogen and oxygen atoms in total. The number of carbonyl (C=O) groups excluding carboxylic acids is 1. The van der Waals surface area contributed by atoms with E-state index in [1.807, 2.05) is 0 Å². The van der Waals surface area contributed by atoms with E-state index in [0.29, 0.717) is 16.9 Å². The maximum absolute atomic E-state index is 11.3. The zero-order chi connectivity index (χ0) is 12.0. The number of carbonyl (C=O) groups is 1. The van der Waals surface area contributed by atoms with Gasteiger partial charge in [-0.3, -0.25) is 10.9 Å². The molecular weight excluding hydrogens is 251 g/mol. The van der Waals surface area contributed by atoms with Crippen LogP contribution < -0.4 is 16.2 Å². The summed E-state index contributed by atoms with van der Waals surface area (Å²) in [6.45, 7) is 1.80. The molecule has 1 aromatic heterocycles. The van der Waals surface area contributed by atoms with E-state index >= 15 is 0 Å². The summed E-state index contributed by atoms with van der Waals surface area (Å²) < 4.78 is 0. The molecule has 2 amide bonds. The molecule has 16 heavy (non-hydrogen) atoms. The first-order valence-corrected chi connectivity index (χ1v) is 5.54. The van der Waals surface area contributed by atoms with Gasteiger partial charge in [0.1, 0.15) is 11.0 Å². The predicted octanol–water partition coefficient (Wildman–Crippen LogP) is 1.99. The molecule has 0 aliphatic carbocycles. The van der Waals surface area contributed by atoms with E-state index in [1.54, 1.807) is 25.1 Å². The van der Waals surface area contributed by atoms with E-state index in [4.69, 9.17) is 23.2 Å². The average molecular weight is 263 g/mol. The SMILES string of the molecule is CC(CCl)NC(=O)NNc1cccc(Cl)n1. The van der Waals surface area contributed by atoms with E-state index in [2.05, 4.69) is 21.2 Å². The predicted molar refractivity (Wildman–Crippen MR) is 64.7 cm³/mol. The molecular formula is C9H12Cl2N4O. The Balaban J connectivity index is 2.37. The van der Waals surface area contributed by atoms with Crippen LogP contribution in [0.2, 0.25) is 5.15 Å². The number of nitrogens with one attached hydrogen (secondary N) is 3. The van der Waals surface area contributed by atoms with Gasteiger partial charge in [0.15, 0.2) is 0 Å². The van der Waals surface area contributed by atoms with Crippen LogP contribution in [0.5, 0.6) is 0 Å². The second kappa shape index (κ2) is 6.40. The number of alkyl halides is 1. The number of nitrogens with zero attached hydrogens (tertiary/aromatic N) is 1. The van der Waals surface area contributed by atoms with Crippen LogP contribution in [-0.4, -0.2) is 22.9 Å². The van der Waals surface area contributed by atoms with Gasteiger partial charge >= 0.3 is 6.03 Å². The molecule has 3 N–H and O–H groups in total. The average Bonchev–Trinajstić information content (AvgIpc) is 2.26. The van der Waals surface area contributed by atoms with Crippen molar-refractivity contribution in [1.82, 2.24) is 15.7 Å². The van der Waals surface area contributed by atoms with E-state index in [0.717, 1.165) is 0 Å². The monoisotopic (exact) mass is 262 g/mol. The van der Waals surface area contributed by atoms with Crippen molar-refractivity contribution in [1.29, 1.82) is 0 Å². The van der Waals surface area contributed by atoms with Crippen LogP contribution >= 0.6 is 23.2 Å². The number of halogens is 2. The first kappa shape index (κ1) is 12.9.